The molecule has 0 fully saturated rings. The van der Waals surface area contributed by atoms with E-state index in [2.05, 4.69) is 9.98 Å². The second kappa shape index (κ2) is 10.5. The van der Waals surface area contributed by atoms with Gasteiger partial charge in [0.15, 0.2) is 6.34 Å². The summed E-state index contributed by atoms with van der Waals surface area (Å²) in [5, 5.41) is 19.4. The van der Waals surface area contributed by atoms with Crippen LogP contribution < -0.4 is 5.73 Å². The van der Waals surface area contributed by atoms with E-state index in [4.69, 9.17) is 40.5 Å². The Balaban J connectivity index is 2.38. The second-order valence-corrected chi connectivity index (χ2v) is 7.25. The van der Waals surface area contributed by atoms with Gasteiger partial charge in [0.25, 0.3) is 0 Å². The summed E-state index contributed by atoms with van der Waals surface area (Å²) in [6.07, 6.45) is -1.81. The zero-order valence-electron chi connectivity index (χ0n) is 15.6. The standard InChI is InChI=1S/C19H11Cl3F3N5O2/c20-14-6-11(7-15(21)17(14)22)13(19(23,24)25)3-1-10-2-4-16(12(5-10)8-26)28-9-29-18(27)30(31)32/h1-7,9,13H,(H2,27,28,29)/b3-1+. The molecule has 7 nitrogen and oxygen atoms in total. The van der Waals surface area contributed by atoms with Gasteiger partial charge in [-0.15, -0.1) is 0 Å². The van der Waals surface area contributed by atoms with Gasteiger partial charge in [0.1, 0.15) is 6.07 Å². The number of nitrogens with zero attached hydrogens (tertiary/aromatic N) is 4. The summed E-state index contributed by atoms with van der Waals surface area (Å²) >= 11 is 17.5. The summed E-state index contributed by atoms with van der Waals surface area (Å²) in [5.41, 5.74) is 5.17. The van der Waals surface area contributed by atoms with Crippen molar-refractivity contribution in [1.29, 1.82) is 5.26 Å². The van der Waals surface area contributed by atoms with Crippen LogP contribution in [-0.4, -0.2) is 23.4 Å². The van der Waals surface area contributed by atoms with Gasteiger partial charge in [-0.1, -0.05) is 58.0 Å². The van der Waals surface area contributed by atoms with Gasteiger partial charge in [0, 0.05) is 0 Å². The van der Waals surface area contributed by atoms with Gasteiger partial charge in [-0.25, -0.2) is 4.99 Å². The van der Waals surface area contributed by atoms with E-state index in [1.165, 1.54) is 24.3 Å². The van der Waals surface area contributed by atoms with Gasteiger partial charge in [-0.05, 0) is 40.3 Å². The van der Waals surface area contributed by atoms with Crippen LogP contribution in [0, 0.1) is 21.4 Å². The first kappa shape index (κ1) is 25.1. The second-order valence-electron chi connectivity index (χ2n) is 6.05. The quantitative estimate of drug-likeness (QED) is 0.173. The Bertz CT molecular complexity index is 1150. The Labute approximate surface area is 194 Å². The van der Waals surface area contributed by atoms with Crippen molar-refractivity contribution < 1.29 is 18.1 Å². The minimum atomic E-state index is -4.66. The number of nitriles is 1. The molecule has 0 aliphatic rings. The molecule has 0 aliphatic heterocycles. The maximum absolute atomic E-state index is 13.6. The van der Waals surface area contributed by atoms with Gasteiger partial charge in [0.05, 0.1) is 32.2 Å². The molecule has 166 valence electrons. The van der Waals surface area contributed by atoms with Crippen LogP contribution in [0.2, 0.25) is 15.1 Å². The van der Waals surface area contributed by atoms with Gasteiger partial charge in [-0.3, -0.25) is 5.73 Å². The normalized spacial score (nSPS) is 13.5. The van der Waals surface area contributed by atoms with Crippen LogP contribution in [0.15, 0.2) is 46.4 Å². The van der Waals surface area contributed by atoms with E-state index in [9.17, 15) is 28.5 Å². The number of nitro groups is 1. The maximum Gasteiger partial charge on any atom is 0.426 e. The number of aliphatic imine (C=N–C) groups is 2. The first-order valence-corrected chi connectivity index (χ1v) is 9.51. The Hall–Kier alpha value is -3.13. The molecule has 2 aromatic rings. The first-order chi connectivity index (χ1) is 14.9. The summed E-state index contributed by atoms with van der Waals surface area (Å²) < 4.78 is 40.9. The fourth-order valence-corrected chi connectivity index (χ4v) is 3.04. The molecule has 0 bridgehead atoms. The largest absolute Gasteiger partial charge is 0.426 e. The van der Waals surface area contributed by atoms with Crippen molar-refractivity contribution in [3.05, 3.63) is 78.3 Å². The Morgan fingerprint density at radius 1 is 1.22 bits per heavy atom. The van der Waals surface area contributed by atoms with Crippen molar-refractivity contribution in [2.45, 2.75) is 12.1 Å². The molecule has 0 saturated carbocycles. The van der Waals surface area contributed by atoms with Crippen molar-refractivity contribution in [1.82, 2.24) is 0 Å². The molecule has 0 heterocycles. The van der Waals surface area contributed by atoms with Crippen LogP contribution in [0.25, 0.3) is 6.08 Å². The number of alkyl halides is 3. The van der Waals surface area contributed by atoms with Crippen molar-refractivity contribution >= 4 is 58.9 Å². The average molecular weight is 505 g/mol. The van der Waals surface area contributed by atoms with Crippen LogP contribution in [0.4, 0.5) is 18.9 Å². The number of rotatable bonds is 5. The Morgan fingerprint density at radius 3 is 2.38 bits per heavy atom. The van der Waals surface area contributed by atoms with Gasteiger partial charge >= 0.3 is 12.1 Å². The molecule has 1 atom stereocenters. The van der Waals surface area contributed by atoms with E-state index >= 15 is 0 Å². The van der Waals surface area contributed by atoms with Crippen LogP contribution in [0.5, 0.6) is 0 Å². The monoisotopic (exact) mass is 503 g/mol. The van der Waals surface area contributed by atoms with Crippen LogP contribution in [0.3, 0.4) is 0 Å². The van der Waals surface area contributed by atoms with E-state index in [1.807, 2.05) is 6.07 Å². The van der Waals surface area contributed by atoms with Crippen molar-refractivity contribution in [3.8, 4) is 6.07 Å². The van der Waals surface area contributed by atoms with E-state index in [1.54, 1.807) is 0 Å². The summed E-state index contributed by atoms with van der Waals surface area (Å²) in [7, 11) is 0. The number of benzene rings is 2. The highest BCUT2D eigenvalue weighted by Crippen LogP contribution is 2.41. The van der Waals surface area contributed by atoms with Crippen molar-refractivity contribution in [2.75, 3.05) is 0 Å². The van der Waals surface area contributed by atoms with Crippen LogP contribution >= 0.6 is 34.8 Å². The minimum Gasteiger partial charge on any atom is -0.390 e. The molecule has 0 amide bonds. The summed E-state index contributed by atoms with van der Waals surface area (Å²) in [6.45, 7) is 0. The molecule has 2 aromatic carbocycles. The summed E-state index contributed by atoms with van der Waals surface area (Å²) in [4.78, 5) is 16.5. The molecule has 32 heavy (non-hydrogen) atoms. The molecule has 0 aromatic heterocycles. The third kappa shape index (κ3) is 6.43. The highest BCUT2D eigenvalue weighted by molar-refractivity contribution is 6.48. The topological polar surface area (TPSA) is 118 Å². The SMILES string of the molecule is N#Cc1cc(/C=C/C(c2cc(Cl)c(Cl)c(Cl)c2)C(F)(F)F)ccc1N=CN=C(N)[N+](=O)[O-]. The molecule has 0 radical (unpaired) electrons. The number of hydrogen-bond acceptors (Lipinski definition) is 4. The van der Waals surface area contributed by atoms with E-state index < -0.39 is 23.0 Å². The van der Waals surface area contributed by atoms with Gasteiger partial charge in [-0.2, -0.15) is 18.4 Å². The number of hydrogen-bond donors (Lipinski definition) is 1. The number of nitrogens with two attached hydrogens (primary N) is 1. The lowest BCUT2D eigenvalue weighted by Gasteiger charge is -2.18. The van der Waals surface area contributed by atoms with Crippen LogP contribution in [0.1, 0.15) is 22.6 Å². The highest BCUT2D eigenvalue weighted by atomic mass is 35.5. The smallest absolute Gasteiger partial charge is 0.390 e. The van der Waals surface area contributed by atoms with E-state index in [-0.39, 0.29) is 37.4 Å². The minimum absolute atomic E-state index is 0.000542. The molecule has 1 unspecified atom stereocenters. The molecule has 0 spiro atoms. The number of guanidine groups is 1. The molecular weight excluding hydrogens is 494 g/mol. The lowest BCUT2D eigenvalue weighted by molar-refractivity contribution is -0.352. The first-order valence-electron chi connectivity index (χ1n) is 8.37. The van der Waals surface area contributed by atoms with Gasteiger partial charge < -0.3 is 10.1 Å². The molecule has 2 rings (SSSR count). The third-order valence-electron chi connectivity index (χ3n) is 3.91. The predicted molar refractivity (Wildman–Crippen MR) is 117 cm³/mol. The number of halogens is 6. The Kier molecular flexibility index (Phi) is 8.21. The molecule has 13 heteroatoms. The summed E-state index contributed by atoms with van der Waals surface area (Å²) in [6, 6.07) is 8.02. The van der Waals surface area contributed by atoms with Crippen LogP contribution in [-0.2, 0) is 0 Å². The van der Waals surface area contributed by atoms with Crippen molar-refractivity contribution in [3.63, 3.8) is 0 Å². The number of allylic oxidation sites excluding steroid dienone is 1. The highest BCUT2D eigenvalue weighted by Gasteiger charge is 2.39. The van der Waals surface area contributed by atoms with Gasteiger partial charge in [0.2, 0.25) is 0 Å². The zero-order chi connectivity index (χ0) is 24.1. The molecule has 0 saturated heterocycles. The third-order valence-corrected chi connectivity index (χ3v) is 5.11. The fourth-order valence-electron chi connectivity index (χ4n) is 2.43. The maximum atomic E-state index is 13.6. The lowest BCUT2D eigenvalue weighted by atomic mass is 9.96. The summed E-state index contributed by atoms with van der Waals surface area (Å²) in [5.74, 6) is -2.94. The Morgan fingerprint density at radius 2 is 1.84 bits per heavy atom. The molecular formula is C19H11Cl3F3N5O2. The molecule has 0 aliphatic carbocycles. The predicted octanol–water partition coefficient (Wildman–Crippen LogP) is 6.13. The fraction of sp³-hybridized carbons (Fsp3) is 0.105. The van der Waals surface area contributed by atoms with E-state index in [0.29, 0.717) is 0 Å². The molecule has 2 N–H and O–H groups in total. The van der Waals surface area contributed by atoms with E-state index in [0.717, 1.165) is 24.5 Å². The zero-order valence-corrected chi connectivity index (χ0v) is 17.9. The lowest BCUT2D eigenvalue weighted by Crippen LogP contribution is -2.22. The average Bonchev–Trinajstić information content (AvgIpc) is 2.71. The van der Waals surface area contributed by atoms with Crippen molar-refractivity contribution in [2.24, 2.45) is 15.7 Å².